The Bertz CT molecular complexity index is 1400. The average molecular weight is 452 g/mol. The number of nitrogens with one attached hydrogen (secondary N) is 1. The number of H-pyrrole nitrogens is 1. The lowest BCUT2D eigenvalue weighted by Crippen LogP contribution is -2.57. The van der Waals surface area contributed by atoms with E-state index >= 15 is 0 Å². The maximum atomic E-state index is 13.6. The van der Waals surface area contributed by atoms with Gasteiger partial charge in [0.05, 0.1) is 15.9 Å². The molecule has 5 heterocycles. The van der Waals surface area contributed by atoms with Crippen molar-refractivity contribution in [1.29, 1.82) is 0 Å². The Morgan fingerprint density at radius 3 is 2.66 bits per heavy atom. The number of nitrogens with two attached hydrogens (primary N) is 1. The van der Waals surface area contributed by atoms with Crippen LogP contribution in [-0.4, -0.2) is 42.4 Å². The Morgan fingerprint density at radius 1 is 1.16 bits per heavy atom. The lowest BCUT2D eigenvalue weighted by atomic mass is 9.82. The number of benzene rings is 1. The molecule has 0 amide bonds. The quantitative estimate of drug-likeness (QED) is 0.487. The molecule has 0 spiro atoms. The van der Waals surface area contributed by atoms with Gasteiger partial charge in [-0.05, 0) is 38.2 Å². The van der Waals surface area contributed by atoms with E-state index in [1.54, 1.807) is 9.25 Å². The van der Waals surface area contributed by atoms with Gasteiger partial charge >= 0.3 is 0 Å². The molecule has 2 aliphatic heterocycles. The fraction of sp³-hybridized carbons (Fsp3) is 0.435. The minimum atomic E-state index is -0.0726. The molecular formula is C23H26ClN7O. The van der Waals surface area contributed by atoms with Gasteiger partial charge in [0.1, 0.15) is 5.65 Å². The molecule has 2 aliphatic rings. The molecule has 3 aromatic heterocycles. The number of aromatic amines is 1. The van der Waals surface area contributed by atoms with Crippen molar-refractivity contribution in [3.8, 4) is 11.1 Å². The maximum Gasteiger partial charge on any atom is 0.264 e. The summed E-state index contributed by atoms with van der Waals surface area (Å²) in [6.45, 7) is 0. The number of rotatable bonds is 2. The van der Waals surface area contributed by atoms with Crippen LogP contribution < -0.4 is 16.2 Å². The second-order valence-electron chi connectivity index (χ2n) is 9.24. The first-order valence-electron chi connectivity index (χ1n) is 11.2. The molecule has 4 aromatic rings. The van der Waals surface area contributed by atoms with Gasteiger partial charge in [-0.3, -0.25) is 14.0 Å². The maximum absolute atomic E-state index is 13.6. The molecule has 0 radical (unpaired) electrons. The highest BCUT2D eigenvalue weighted by Gasteiger charge is 2.39. The third-order valence-corrected chi connectivity index (χ3v) is 7.57. The zero-order chi connectivity index (χ0) is 22.1. The molecule has 3 N–H and O–H groups in total. The Hall–Kier alpha value is -2.84. The Kier molecular flexibility index (Phi) is 4.39. The van der Waals surface area contributed by atoms with Crippen molar-refractivity contribution in [2.24, 2.45) is 19.8 Å². The number of hydrogen-bond donors (Lipinski definition) is 2. The summed E-state index contributed by atoms with van der Waals surface area (Å²) in [7, 11) is 3.68. The highest BCUT2D eigenvalue weighted by Crippen LogP contribution is 2.39. The summed E-state index contributed by atoms with van der Waals surface area (Å²) in [5, 5.41) is 6.42. The summed E-state index contributed by atoms with van der Waals surface area (Å²) in [4.78, 5) is 24.1. The lowest BCUT2D eigenvalue weighted by Gasteiger charge is -2.48. The smallest absolute Gasteiger partial charge is 0.264 e. The fourth-order valence-electron chi connectivity index (χ4n) is 5.73. The monoisotopic (exact) mass is 451 g/mol. The Labute approximate surface area is 190 Å². The first-order valence-corrected chi connectivity index (χ1v) is 11.5. The molecule has 166 valence electrons. The standard InChI is InChI=1S/C23H26ClN7O/c1-29-11-17-18(28-29)7-6-15(20(17)24)16-10-26-21-19(16)22(32)30(2)23(27-21)31-13-4-3-5-14(31)9-12(25)8-13/h6-7,10-14,26H,3-5,8-9,25H2,1-2H3/t12?,13-,14+. The molecule has 32 heavy (non-hydrogen) atoms. The molecule has 2 bridgehead atoms. The van der Waals surface area contributed by atoms with Crippen LogP contribution in [0.15, 0.2) is 29.3 Å². The van der Waals surface area contributed by atoms with Crippen molar-refractivity contribution in [2.75, 3.05) is 4.90 Å². The van der Waals surface area contributed by atoms with Crippen LogP contribution in [0.2, 0.25) is 5.02 Å². The van der Waals surface area contributed by atoms with Crippen LogP contribution in [0.5, 0.6) is 0 Å². The van der Waals surface area contributed by atoms with E-state index in [-0.39, 0.29) is 11.6 Å². The van der Waals surface area contributed by atoms with Crippen LogP contribution in [0.4, 0.5) is 5.95 Å². The van der Waals surface area contributed by atoms with Crippen LogP contribution in [0, 0.1) is 0 Å². The largest absolute Gasteiger partial charge is 0.345 e. The predicted molar refractivity (Wildman–Crippen MR) is 127 cm³/mol. The minimum Gasteiger partial charge on any atom is -0.345 e. The van der Waals surface area contributed by atoms with Gasteiger partial charge in [-0.15, -0.1) is 0 Å². The van der Waals surface area contributed by atoms with E-state index in [2.05, 4.69) is 15.0 Å². The molecule has 2 fully saturated rings. The average Bonchev–Trinajstić information content (AvgIpc) is 3.34. The molecule has 0 saturated carbocycles. The fourth-order valence-corrected chi connectivity index (χ4v) is 6.04. The molecule has 1 unspecified atom stereocenters. The highest BCUT2D eigenvalue weighted by atomic mass is 35.5. The molecule has 9 heteroatoms. The topological polar surface area (TPSA) is 97.8 Å². The first kappa shape index (κ1) is 19.8. The van der Waals surface area contributed by atoms with E-state index in [9.17, 15) is 4.79 Å². The minimum absolute atomic E-state index is 0.0726. The third kappa shape index (κ3) is 2.82. The van der Waals surface area contributed by atoms with Gasteiger partial charge in [-0.1, -0.05) is 17.7 Å². The van der Waals surface area contributed by atoms with Gasteiger partial charge in [0.25, 0.3) is 5.56 Å². The summed E-state index contributed by atoms with van der Waals surface area (Å²) in [5.74, 6) is 0.728. The van der Waals surface area contributed by atoms with Crippen molar-refractivity contribution < 1.29 is 0 Å². The number of nitrogens with zero attached hydrogens (tertiary/aromatic N) is 5. The Morgan fingerprint density at radius 2 is 1.91 bits per heavy atom. The first-order chi connectivity index (χ1) is 15.4. The summed E-state index contributed by atoms with van der Waals surface area (Å²) in [5.41, 5.74) is 9.21. The van der Waals surface area contributed by atoms with Gasteiger partial charge in [-0.25, -0.2) is 0 Å². The molecular weight excluding hydrogens is 426 g/mol. The second-order valence-corrected chi connectivity index (χ2v) is 9.62. The lowest BCUT2D eigenvalue weighted by molar-refractivity contribution is 0.265. The molecule has 0 aliphatic carbocycles. The van der Waals surface area contributed by atoms with Crippen LogP contribution in [0.1, 0.15) is 32.1 Å². The van der Waals surface area contributed by atoms with E-state index < -0.39 is 0 Å². The van der Waals surface area contributed by atoms with E-state index in [1.807, 2.05) is 38.6 Å². The van der Waals surface area contributed by atoms with Gasteiger partial charge in [-0.2, -0.15) is 10.1 Å². The van der Waals surface area contributed by atoms with E-state index in [1.165, 1.54) is 6.42 Å². The molecule has 3 atom stereocenters. The predicted octanol–water partition coefficient (Wildman–Crippen LogP) is 3.32. The van der Waals surface area contributed by atoms with Crippen LogP contribution in [0.3, 0.4) is 0 Å². The van der Waals surface area contributed by atoms with E-state index in [0.29, 0.717) is 28.1 Å². The van der Waals surface area contributed by atoms with Crippen molar-refractivity contribution in [3.05, 3.63) is 39.9 Å². The van der Waals surface area contributed by atoms with Gasteiger partial charge in [0.2, 0.25) is 5.95 Å². The highest BCUT2D eigenvalue weighted by molar-refractivity contribution is 6.38. The SMILES string of the molecule is Cn1cc2c(Cl)c(-c3c[nH]c4nc(N5[C@@H]6CCC[C@H]5CC(N)C6)n(C)c(=O)c34)ccc2n1. The molecule has 6 rings (SSSR count). The summed E-state index contributed by atoms with van der Waals surface area (Å²) >= 11 is 6.75. The van der Waals surface area contributed by atoms with E-state index in [4.69, 9.17) is 22.3 Å². The summed E-state index contributed by atoms with van der Waals surface area (Å²) in [6, 6.07) is 4.75. The van der Waals surface area contributed by atoms with Crippen molar-refractivity contribution >= 4 is 39.5 Å². The molecule has 2 saturated heterocycles. The number of halogens is 1. The second kappa shape index (κ2) is 7.08. The summed E-state index contributed by atoms with van der Waals surface area (Å²) < 4.78 is 3.43. The zero-order valence-corrected chi connectivity index (χ0v) is 18.9. The third-order valence-electron chi connectivity index (χ3n) is 7.16. The van der Waals surface area contributed by atoms with Gasteiger partial charge in [0, 0.05) is 61.1 Å². The number of anilines is 1. The van der Waals surface area contributed by atoms with Crippen LogP contribution in [-0.2, 0) is 14.1 Å². The number of piperidine rings is 2. The number of fused-ring (bicyclic) bond motifs is 4. The normalized spacial score (nSPS) is 23.4. The van der Waals surface area contributed by atoms with E-state index in [0.717, 1.165) is 53.7 Å². The molecule has 8 nitrogen and oxygen atoms in total. The zero-order valence-electron chi connectivity index (χ0n) is 18.2. The molecule has 1 aromatic carbocycles. The summed E-state index contributed by atoms with van der Waals surface area (Å²) in [6.07, 6.45) is 9.01. The Balaban J connectivity index is 1.51. The van der Waals surface area contributed by atoms with Gasteiger partial charge in [0.15, 0.2) is 0 Å². The number of hydrogen-bond acceptors (Lipinski definition) is 5. The van der Waals surface area contributed by atoms with Crippen molar-refractivity contribution in [3.63, 3.8) is 0 Å². The van der Waals surface area contributed by atoms with Gasteiger partial charge < -0.3 is 15.6 Å². The number of aromatic nitrogens is 5. The van der Waals surface area contributed by atoms with Crippen molar-refractivity contribution in [1.82, 2.24) is 24.3 Å². The van der Waals surface area contributed by atoms with Crippen molar-refractivity contribution in [2.45, 2.75) is 50.2 Å². The number of aryl methyl sites for hydroxylation is 1. The van der Waals surface area contributed by atoms with Crippen LogP contribution >= 0.6 is 11.6 Å². The van der Waals surface area contributed by atoms with Crippen LogP contribution in [0.25, 0.3) is 33.1 Å².